The number of nitrogens with zero attached hydrogens (tertiary/aromatic N) is 3. The van der Waals surface area contributed by atoms with Crippen LogP contribution >= 0.6 is 11.3 Å². The lowest BCUT2D eigenvalue weighted by molar-refractivity contribution is -0.121. The van der Waals surface area contributed by atoms with E-state index in [0.29, 0.717) is 22.6 Å². The minimum Gasteiger partial charge on any atom is -0.493 e. The maximum Gasteiger partial charge on any atom is 0.262 e. The molecule has 0 saturated carbocycles. The zero-order valence-electron chi connectivity index (χ0n) is 15.1. The van der Waals surface area contributed by atoms with E-state index in [2.05, 4.69) is 15.5 Å². The van der Waals surface area contributed by atoms with Crippen molar-refractivity contribution in [3.05, 3.63) is 57.5 Å². The van der Waals surface area contributed by atoms with E-state index < -0.39 is 5.91 Å². The van der Waals surface area contributed by atoms with Crippen LogP contribution in [0.1, 0.15) is 24.3 Å². The second kappa shape index (κ2) is 8.59. The normalized spacial score (nSPS) is 11.2. The van der Waals surface area contributed by atoms with Gasteiger partial charge in [0.15, 0.2) is 0 Å². The van der Waals surface area contributed by atoms with Crippen molar-refractivity contribution >= 4 is 33.7 Å². The molecule has 0 aliphatic heterocycles. The quantitative estimate of drug-likeness (QED) is 0.501. The number of rotatable bonds is 7. The van der Waals surface area contributed by atoms with Crippen molar-refractivity contribution in [1.82, 2.24) is 15.0 Å². The molecule has 0 saturated heterocycles. The average molecular weight is 384 g/mol. The molecule has 1 amide bonds. The largest absolute Gasteiger partial charge is 0.493 e. The molecule has 0 spiro atoms. The van der Waals surface area contributed by atoms with Crippen LogP contribution in [0.25, 0.3) is 10.2 Å². The number of aromatic nitrogens is 2. The number of hydrogen-bond acceptors (Lipinski definition) is 6. The molecule has 0 fully saturated rings. The number of fused-ring (bicyclic) bond motifs is 1. The van der Waals surface area contributed by atoms with E-state index in [1.165, 1.54) is 28.4 Å². The van der Waals surface area contributed by atoms with Crippen LogP contribution in [0.5, 0.6) is 5.75 Å². The number of hydrazone groups is 1. The second-order valence-corrected chi connectivity index (χ2v) is 6.84. The average Bonchev–Trinajstić information content (AvgIpc) is 3.10. The summed E-state index contributed by atoms with van der Waals surface area (Å²) in [4.78, 5) is 30.7. The van der Waals surface area contributed by atoms with Crippen molar-refractivity contribution in [1.29, 1.82) is 0 Å². The van der Waals surface area contributed by atoms with Gasteiger partial charge in [-0.3, -0.25) is 14.2 Å². The molecule has 0 atom stereocenters. The Hall–Kier alpha value is -3.00. The number of thiophene rings is 1. The number of para-hydroxylation sites is 1. The van der Waals surface area contributed by atoms with Gasteiger partial charge in [-0.15, -0.1) is 11.3 Å². The molecular formula is C19H20N4O3S. The number of carbonyl (C=O) groups is 1. The SMILES string of the molecule is CCOc1ccccc1/C=N\NC(=O)Cn1cnc2sc(CC)cc2c1=O. The number of aryl methyl sites for hydroxylation is 1. The van der Waals surface area contributed by atoms with Crippen LogP contribution < -0.4 is 15.7 Å². The van der Waals surface area contributed by atoms with Crippen molar-refractivity contribution < 1.29 is 9.53 Å². The highest BCUT2D eigenvalue weighted by Gasteiger charge is 2.10. The first kappa shape index (κ1) is 18.8. The minimum absolute atomic E-state index is 0.149. The lowest BCUT2D eigenvalue weighted by Crippen LogP contribution is -2.29. The first-order valence-corrected chi connectivity index (χ1v) is 9.45. The highest BCUT2D eigenvalue weighted by atomic mass is 32.1. The van der Waals surface area contributed by atoms with Gasteiger partial charge in [0.05, 0.1) is 24.5 Å². The minimum atomic E-state index is -0.408. The Morgan fingerprint density at radius 2 is 2.19 bits per heavy atom. The fourth-order valence-corrected chi connectivity index (χ4v) is 3.46. The lowest BCUT2D eigenvalue weighted by Gasteiger charge is -2.06. The molecule has 140 valence electrons. The fourth-order valence-electron chi connectivity index (χ4n) is 2.53. The van der Waals surface area contributed by atoms with E-state index in [9.17, 15) is 9.59 Å². The summed E-state index contributed by atoms with van der Waals surface area (Å²) in [7, 11) is 0. The number of carbonyl (C=O) groups excluding carboxylic acids is 1. The van der Waals surface area contributed by atoms with Crippen molar-refractivity contribution in [3.63, 3.8) is 0 Å². The highest BCUT2D eigenvalue weighted by Crippen LogP contribution is 2.21. The summed E-state index contributed by atoms with van der Waals surface area (Å²) in [5.41, 5.74) is 2.96. The summed E-state index contributed by atoms with van der Waals surface area (Å²) in [6.45, 7) is 4.31. The fraction of sp³-hybridized carbons (Fsp3) is 0.263. The maximum atomic E-state index is 12.5. The van der Waals surface area contributed by atoms with Crippen molar-refractivity contribution in [3.8, 4) is 5.75 Å². The van der Waals surface area contributed by atoms with Gasteiger partial charge in [0, 0.05) is 10.4 Å². The van der Waals surface area contributed by atoms with Gasteiger partial charge in [-0.2, -0.15) is 5.10 Å². The predicted molar refractivity (Wildman–Crippen MR) is 107 cm³/mol. The Bertz CT molecular complexity index is 1040. The first-order chi connectivity index (χ1) is 13.1. The van der Waals surface area contributed by atoms with Crippen molar-refractivity contribution in [2.45, 2.75) is 26.8 Å². The van der Waals surface area contributed by atoms with E-state index in [1.807, 2.05) is 44.2 Å². The third kappa shape index (κ3) is 4.40. The molecule has 8 heteroatoms. The Labute approximate surface area is 160 Å². The van der Waals surface area contributed by atoms with E-state index in [-0.39, 0.29) is 12.1 Å². The zero-order chi connectivity index (χ0) is 19.2. The smallest absolute Gasteiger partial charge is 0.262 e. The van der Waals surface area contributed by atoms with Crippen LogP contribution in [0.4, 0.5) is 0 Å². The zero-order valence-corrected chi connectivity index (χ0v) is 16.0. The molecule has 0 bridgehead atoms. The maximum absolute atomic E-state index is 12.5. The van der Waals surface area contributed by atoms with Crippen molar-refractivity contribution in [2.24, 2.45) is 5.10 Å². The number of amides is 1. The Kier molecular flexibility index (Phi) is 5.97. The van der Waals surface area contributed by atoms with E-state index in [1.54, 1.807) is 0 Å². The highest BCUT2D eigenvalue weighted by molar-refractivity contribution is 7.18. The lowest BCUT2D eigenvalue weighted by atomic mass is 10.2. The molecule has 2 heterocycles. The molecule has 7 nitrogen and oxygen atoms in total. The summed E-state index contributed by atoms with van der Waals surface area (Å²) in [5.74, 6) is 0.280. The number of nitrogens with one attached hydrogen (secondary N) is 1. The monoisotopic (exact) mass is 384 g/mol. The van der Waals surface area contributed by atoms with Gasteiger partial charge in [-0.1, -0.05) is 19.1 Å². The number of benzene rings is 1. The van der Waals surface area contributed by atoms with Gasteiger partial charge >= 0.3 is 0 Å². The third-order valence-corrected chi connectivity index (χ3v) is 5.03. The third-order valence-electron chi connectivity index (χ3n) is 3.84. The van der Waals surface area contributed by atoms with E-state index in [4.69, 9.17) is 4.74 Å². The van der Waals surface area contributed by atoms with Crippen LogP contribution in [0, 0.1) is 0 Å². The molecule has 3 rings (SSSR count). The predicted octanol–water partition coefficient (Wildman–Crippen LogP) is 2.57. The standard InChI is InChI=1S/C19H20N4O3S/c1-3-14-9-15-18(27-14)20-12-23(19(15)25)11-17(24)22-21-10-13-7-5-6-8-16(13)26-4-2/h5-10,12H,3-4,11H2,1-2H3,(H,22,24)/b21-10-. The summed E-state index contributed by atoms with van der Waals surface area (Å²) < 4.78 is 6.79. The van der Waals surface area contributed by atoms with Crippen LogP contribution in [-0.2, 0) is 17.8 Å². The first-order valence-electron chi connectivity index (χ1n) is 8.64. The molecule has 1 N–H and O–H groups in total. The summed E-state index contributed by atoms with van der Waals surface area (Å²) in [6, 6.07) is 9.23. The van der Waals surface area contributed by atoms with Crippen LogP contribution in [0.3, 0.4) is 0 Å². The summed E-state index contributed by atoms with van der Waals surface area (Å²) in [6.07, 6.45) is 3.76. The van der Waals surface area contributed by atoms with Gasteiger partial charge in [-0.25, -0.2) is 10.4 Å². The topological polar surface area (TPSA) is 85.6 Å². The Morgan fingerprint density at radius 3 is 2.96 bits per heavy atom. The van der Waals surface area contributed by atoms with Gasteiger partial charge in [0.25, 0.3) is 11.5 Å². The van der Waals surface area contributed by atoms with E-state index >= 15 is 0 Å². The van der Waals surface area contributed by atoms with Gasteiger partial charge in [0.2, 0.25) is 0 Å². The van der Waals surface area contributed by atoms with Gasteiger partial charge in [0.1, 0.15) is 17.1 Å². The van der Waals surface area contributed by atoms with E-state index in [0.717, 1.165) is 16.9 Å². The molecule has 1 aromatic carbocycles. The molecule has 0 unspecified atom stereocenters. The van der Waals surface area contributed by atoms with Crippen LogP contribution in [0.15, 0.2) is 46.6 Å². The van der Waals surface area contributed by atoms with Crippen LogP contribution in [-0.4, -0.2) is 28.3 Å². The van der Waals surface area contributed by atoms with Crippen molar-refractivity contribution in [2.75, 3.05) is 6.61 Å². The molecule has 0 radical (unpaired) electrons. The Balaban J connectivity index is 1.69. The number of hydrogen-bond donors (Lipinski definition) is 1. The molecular weight excluding hydrogens is 364 g/mol. The summed E-state index contributed by atoms with van der Waals surface area (Å²) >= 11 is 1.50. The van der Waals surface area contributed by atoms with Gasteiger partial charge < -0.3 is 4.74 Å². The molecule has 0 aliphatic carbocycles. The summed E-state index contributed by atoms with van der Waals surface area (Å²) in [5, 5.41) is 4.49. The molecule has 3 aromatic rings. The molecule has 0 aliphatic rings. The Morgan fingerprint density at radius 1 is 1.37 bits per heavy atom. The second-order valence-electron chi connectivity index (χ2n) is 5.73. The van der Waals surface area contributed by atoms with Crippen LogP contribution in [0.2, 0.25) is 0 Å². The molecule has 2 aromatic heterocycles. The molecule has 27 heavy (non-hydrogen) atoms. The number of ether oxygens (including phenoxy) is 1. The van der Waals surface area contributed by atoms with Gasteiger partial charge in [-0.05, 0) is 31.5 Å².